The molecule has 3 aromatic heterocycles. The number of rotatable bonds is 2. The van der Waals surface area contributed by atoms with Crippen molar-refractivity contribution in [1.82, 2.24) is 14.5 Å². The van der Waals surface area contributed by atoms with Crippen molar-refractivity contribution in [3.63, 3.8) is 0 Å². The maximum atomic E-state index is 8.68. The number of benzene rings is 5. The summed E-state index contributed by atoms with van der Waals surface area (Å²) in [7, 11) is 0. The zero-order valence-corrected chi connectivity index (χ0v) is 23.1. The highest BCUT2D eigenvalue weighted by atomic mass is 32.1. The Hall–Kier alpha value is -4.80. The summed E-state index contributed by atoms with van der Waals surface area (Å²) in [4.78, 5) is 11.1. The molecular weight excluding hydrogens is 518 g/mol. The van der Waals surface area contributed by atoms with Crippen molar-refractivity contribution in [1.29, 1.82) is 0 Å². The average Bonchev–Trinajstić information content (AvgIpc) is 3.60. The Morgan fingerprint density at radius 2 is 1.51 bits per heavy atom. The number of hydrogen-bond donors (Lipinski definition) is 0. The predicted octanol–water partition coefficient (Wildman–Crippen LogP) is 9.91. The molecule has 0 atom stereocenters. The van der Waals surface area contributed by atoms with Gasteiger partial charge < -0.3 is 4.57 Å². The van der Waals surface area contributed by atoms with Gasteiger partial charge in [-0.05, 0) is 41.5 Å². The highest BCUT2D eigenvalue weighted by Crippen LogP contribution is 2.51. The van der Waals surface area contributed by atoms with Gasteiger partial charge in [0, 0.05) is 42.8 Å². The molecule has 0 saturated heterocycles. The van der Waals surface area contributed by atoms with E-state index < -0.39 is 6.04 Å². The molecular formula is C37H25N3S. The van der Waals surface area contributed by atoms with Gasteiger partial charge in [-0.1, -0.05) is 98.7 Å². The van der Waals surface area contributed by atoms with Crippen LogP contribution < -0.4 is 0 Å². The van der Waals surface area contributed by atoms with Crippen molar-refractivity contribution in [3.05, 3.63) is 126 Å². The molecule has 3 nitrogen and oxygen atoms in total. The lowest BCUT2D eigenvalue weighted by Crippen LogP contribution is -2.26. The minimum atomic E-state index is -0.429. The zero-order chi connectivity index (χ0) is 31.6. The molecule has 0 amide bonds. The van der Waals surface area contributed by atoms with Gasteiger partial charge in [0.1, 0.15) is 4.83 Å². The first kappa shape index (κ1) is 18.5. The maximum absolute atomic E-state index is 8.68. The number of thiophene rings is 1. The van der Waals surface area contributed by atoms with E-state index in [9.17, 15) is 0 Å². The highest BCUT2D eigenvalue weighted by molar-refractivity contribution is 7.25. The molecule has 41 heavy (non-hydrogen) atoms. The van der Waals surface area contributed by atoms with Gasteiger partial charge in [0.05, 0.1) is 29.3 Å². The molecule has 8 aromatic rings. The average molecular weight is 549 g/mol. The largest absolute Gasteiger partial charge is 0.300 e. The van der Waals surface area contributed by atoms with Crippen LogP contribution in [0.5, 0.6) is 0 Å². The fourth-order valence-electron chi connectivity index (χ4n) is 6.55. The Labute approximate surface area is 248 Å². The Kier molecular flexibility index (Phi) is 3.67. The lowest BCUT2D eigenvalue weighted by Gasteiger charge is -2.35. The number of fused-ring (bicyclic) bond motifs is 8. The monoisotopic (exact) mass is 548 g/mol. The van der Waals surface area contributed by atoms with Crippen molar-refractivity contribution in [2.24, 2.45) is 0 Å². The Balaban J connectivity index is 1.32. The molecule has 1 aliphatic heterocycles. The van der Waals surface area contributed by atoms with E-state index in [1.807, 2.05) is 41.7 Å². The number of aromatic nitrogens is 3. The molecule has 0 radical (unpaired) electrons. The Morgan fingerprint density at radius 1 is 0.732 bits per heavy atom. The predicted molar refractivity (Wildman–Crippen MR) is 172 cm³/mol. The zero-order valence-electron chi connectivity index (χ0n) is 27.3. The standard InChI is InChI=1S/C37H25N3S/c1-37(2)27-16-10-15-26-32-25-14-7-9-18-31(25)41-36(32)40(34(26)27)30-20-19-23(21-28(30)37)35-38-29-17-8-6-13-24(29)33(39-35)22-11-4-3-5-12-22/h3-21H,1-2H3/i3D,4D,5D,11D,12D. The first-order valence-corrected chi connectivity index (χ1v) is 14.4. The molecule has 0 fully saturated rings. The van der Waals surface area contributed by atoms with Crippen LogP contribution in [0.1, 0.15) is 31.8 Å². The maximum Gasteiger partial charge on any atom is 0.160 e. The van der Waals surface area contributed by atoms with E-state index in [0.29, 0.717) is 22.4 Å². The Bertz CT molecular complexity index is 2610. The number of nitrogens with zero attached hydrogens (tertiary/aromatic N) is 3. The van der Waals surface area contributed by atoms with Crippen molar-refractivity contribution >= 4 is 53.4 Å². The van der Waals surface area contributed by atoms with E-state index in [-0.39, 0.29) is 35.1 Å². The van der Waals surface area contributed by atoms with Gasteiger partial charge in [0.2, 0.25) is 0 Å². The van der Waals surface area contributed by atoms with Gasteiger partial charge in [0.15, 0.2) is 5.82 Å². The summed E-state index contributed by atoms with van der Waals surface area (Å²) >= 11 is 1.81. The van der Waals surface area contributed by atoms with Crippen LogP contribution in [0.25, 0.3) is 70.4 Å². The normalized spacial score (nSPS) is 15.5. The molecule has 4 heterocycles. The summed E-state index contributed by atoms with van der Waals surface area (Å²) in [6, 6.07) is 27.2. The van der Waals surface area contributed by atoms with E-state index >= 15 is 0 Å². The second kappa shape index (κ2) is 8.12. The van der Waals surface area contributed by atoms with Gasteiger partial charge in [-0.3, -0.25) is 0 Å². The van der Waals surface area contributed by atoms with Crippen molar-refractivity contribution in [2.75, 3.05) is 0 Å². The fourth-order valence-corrected chi connectivity index (χ4v) is 7.79. The SMILES string of the molecule is [2H]c1c([2H])c([2H])c(-c2nc(-c3ccc4c(c3)C(C)(C)c3cccc5c6c7ccccc7sc6n-4c35)nc3ccccc23)c([2H])c1[2H]. The third kappa shape index (κ3) is 3.08. The van der Waals surface area contributed by atoms with E-state index in [1.165, 1.54) is 36.8 Å². The van der Waals surface area contributed by atoms with Crippen molar-refractivity contribution in [2.45, 2.75) is 19.3 Å². The van der Waals surface area contributed by atoms with Crippen molar-refractivity contribution in [3.8, 4) is 28.3 Å². The Morgan fingerprint density at radius 3 is 2.39 bits per heavy atom. The minimum absolute atomic E-state index is 0.0694. The van der Waals surface area contributed by atoms with E-state index in [1.54, 1.807) is 0 Å². The van der Waals surface area contributed by atoms with Gasteiger partial charge in [-0.15, -0.1) is 11.3 Å². The molecule has 0 saturated carbocycles. The third-order valence-electron chi connectivity index (χ3n) is 8.49. The smallest absolute Gasteiger partial charge is 0.160 e. The molecule has 0 unspecified atom stereocenters. The van der Waals surface area contributed by atoms with Gasteiger partial charge in [-0.2, -0.15) is 0 Å². The van der Waals surface area contributed by atoms with Crippen LogP contribution >= 0.6 is 11.3 Å². The molecule has 4 heteroatoms. The van der Waals surface area contributed by atoms with Crippen LogP contribution in [0.2, 0.25) is 0 Å². The summed E-state index contributed by atoms with van der Waals surface area (Å²) in [6.45, 7) is 4.51. The molecule has 5 aromatic carbocycles. The molecule has 1 aliphatic rings. The van der Waals surface area contributed by atoms with Crippen LogP contribution in [0.15, 0.2) is 115 Å². The van der Waals surface area contributed by atoms with Crippen LogP contribution in [0, 0.1) is 0 Å². The second-order valence-corrected chi connectivity index (χ2v) is 12.1. The molecule has 0 N–H and O–H groups in total. The summed E-state index contributed by atoms with van der Waals surface area (Å²) < 4.78 is 45.7. The van der Waals surface area contributed by atoms with Crippen molar-refractivity contribution < 1.29 is 6.85 Å². The van der Waals surface area contributed by atoms with Gasteiger partial charge in [0.25, 0.3) is 0 Å². The second-order valence-electron chi connectivity index (χ2n) is 11.1. The number of para-hydroxylation sites is 2. The van der Waals surface area contributed by atoms with E-state index in [4.69, 9.17) is 16.8 Å². The van der Waals surface area contributed by atoms with E-state index in [2.05, 4.69) is 73.0 Å². The fraction of sp³-hybridized carbons (Fsp3) is 0.0811. The van der Waals surface area contributed by atoms with Crippen LogP contribution in [-0.2, 0) is 5.41 Å². The molecule has 0 spiro atoms. The summed E-state index contributed by atoms with van der Waals surface area (Å²) in [6.07, 6.45) is 0. The number of hydrogen-bond acceptors (Lipinski definition) is 3. The van der Waals surface area contributed by atoms with Gasteiger partial charge >= 0.3 is 0 Å². The topological polar surface area (TPSA) is 30.7 Å². The summed E-state index contributed by atoms with van der Waals surface area (Å²) in [5.41, 5.74) is 6.23. The molecule has 0 bridgehead atoms. The highest BCUT2D eigenvalue weighted by Gasteiger charge is 2.36. The summed E-state index contributed by atoms with van der Waals surface area (Å²) in [5.74, 6) is 0.433. The first-order chi connectivity index (χ1) is 22.2. The van der Waals surface area contributed by atoms with Gasteiger partial charge in [-0.25, -0.2) is 9.97 Å². The quantitative estimate of drug-likeness (QED) is 0.215. The third-order valence-corrected chi connectivity index (χ3v) is 9.65. The molecule has 9 rings (SSSR count). The first-order valence-electron chi connectivity index (χ1n) is 16.1. The van der Waals surface area contributed by atoms with E-state index in [0.717, 1.165) is 16.8 Å². The van der Waals surface area contributed by atoms with Crippen LogP contribution in [-0.4, -0.2) is 14.5 Å². The van der Waals surface area contributed by atoms with Crippen LogP contribution in [0.3, 0.4) is 0 Å². The molecule has 194 valence electrons. The lowest BCUT2D eigenvalue weighted by atomic mass is 9.74. The van der Waals surface area contributed by atoms with Crippen LogP contribution in [0.4, 0.5) is 0 Å². The lowest BCUT2D eigenvalue weighted by molar-refractivity contribution is 0.630. The minimum Gasteiger partial charge on any atom is -0.300 e. The summed E-state index contributed by atoms with van der Waals surface area (Å²) in [5, 5.41) is 4.44. The molecule has 0 aliphatic carbocycles.